The van der Waals surface area contributed by atoms with E-state index in [1.807, 2.05) is 30.5 Å². The summed E-state index contributed by atoms with van der Waals surface area (Å²) >= 11 is 1.56. The molecule has 2 aromatic carbocycles. The molecule has 0 fully saturated rings. The highest BCUT2D eigenvalue weighted by atomic mass is 32.2. The molecule has 7 nitrogen and oxygen atoms in total. The minimum absolute atomic E-state index is 0.0893. The molecule has 0 aliphatic carbocycles. The van der Waals surface area contributed by atoms with E-state index in [0.717, 1.165) is 10.6 Å². The van der Waals surface area contributed by atoms with Crippen LogP contribution in [0.5, 0.6) is 11.5 Å². The Morgan fingerprint density at radius 1 is 1.04 bits per heavy atom. The highest BCUT2D eigenvalue weighted by Crippen LogP contribution is 2.34. The SMILES string of the molecule is CSc1ccccc1NC(=O)CN(C)CC(=O)Nc1ccc2c(c1)OCO2. The Morgan fingerprint density at radius 2 is 1.74 bits per heavy atom. The molecule has 2 aromatic rings. The van der Waals surface area contributed by atoms with Gasteiger partial charge in [0.2, 0.25) is 18.6 Å². The van der Waals surface area contributed by atoms with Crippen molar-refractivity contribution in [1.29, 1.82) is 0 Å². The number of carbonyl (C=O) groups is 2. The molecule has 1 aliphatic rings. The summed E-state index contributed by atoms with van der Waals surface area (Å²) < 4.78 is 10.5. The first-order chi connectivity index (χ1) is 13.0. The number of hydrogen-bond donors (Lipinski definition) is 2. The average molecular weight is 387 g/mol. The van der Waals surface area contributed by atoms with E-state index in [0.29, 0.717) is 17.2 Å². The first-order valence-corrected chi connectivity index (χ1v) is 9.58. The largest absolute Gasteiger partial charge is 0.454 e. The van der Waals surface area contributed by atoms with Gasteiger partial charge in [0.15, 0.2) is 11.5 Å². The van der Waals surface area contributed by atoms with Gasteiger partial charge in [0.25, 0.3) is 0 Å². The molecule has 2 N–H and O–H groups in total. The van der Waals surface area contributed by atoms with Crippen LogP contribution < -0.4 is 20.1 Å². The summed E-state index contributed by atoms with van der Waals surface area (Å²) in [5.74, 6) is 0.879. The topological polar surface area (TPSA) is 79.9 Å². The molecule has 1 heterocycles. The first-order valence-electron chi connectivity index (χ1n) is 8.36. The number of nitrogens with one attached hydrogen (secondary N) is 2. The number of amides is 2. The van der Waals surface area contributed by atoms with E-state index in [1.165, 1.54) is 0 Å². The van der Waals surface area contributed by atoms with Crippen LogP contribution in [0.1, 0.15) is 0 Å². The molecule has 1 aliphatic heterocycles. The monoisotopic (exact) mass is 387 g/mol. The zero-order valence-corrected chi connectivity index (χ0v) is 16.0. The van der Waals surface area contributed by atoms with E-state index < -0.39 is 0 Å². The molecule has 27 heavy (non-hydrogen) atoms. The van der Waals surface area contributed by atoms with E-state index in [-0.39, 0.29) is 31.7 Å². The first kappa shape index (κ1) is 19.1. The highest BCUT2D eigenvalue weighted by molar-refractivity contribution is 7.98. The second-order valence-corrected chi connectivity index (χ2v) is 6.89. The highest BCUT2D eigenvalue weighted by Gasteiger charge is 2.16. The summed E-state index contributed by atoms with van der Waals surface area (Å²) in [4.78, 5) is 27.1. The summed E-state index contributed by atoms with van der Waals surface area (Å²) in [6, 6.07) is 12.8. The van der Waals surface area contributed by atoms with Crippen LogP contribution in [0.3, 0.4) is 0 Å². The Morgan fingerprint density at radius 3 is 2.52 bits per heavy atom. The Hall–Kier alpha value is -2.71. The Labute approximate surface area is 162 Å². The maximum Gasteiger partial charge on any atom is 0.238 e. The van der Waals surface area contributed by atoms with Crippen molar-refractivity contribution in [3.05, 3.63) is 42.5 Å². The lowest BCUT2D eigenvalue weighted by molar-refractivity contribution is -0.119. The summed E-state index contributed by atoms with van der Waals surface area (Å²) in [7, 11) is 1.72. The van der Waals surface area contributed by atoms with E-state index in [4.69, 9.17) is 9.47 Å². The molecule has 2 amide bonds. The fraction of sp³-hybridized carbons (Fsp3) is 0.263. The quantitative estimate of drug-likeness (QED) is 0.711. The van der Waals surface area contributed by atoms with Crippen molar-refractivity contribution >= 4 is 35.0 Å². The molecule has 0 unspecified atom stereocenters. The van der Waals surface area contributed by atoms with Crippen LogP contribution in [0.25, 0.3) is 0 Å². The van der Waals surface area contributed by atoms with Gasteiger partial charge in [-0.25, -0.2) is 0 Å². The van der Waals surface area contributed by atoms with Crippen molar-refractivity contribution in [2.24, 2.45) is 0 Å². The predicted molar refractivity (Wildman–Crippen MR) is 106 cm³/mol. The zero-order valence-electron chi connectivity index (χ0n) is 15.2. The number of anilines is 2. The number of thioether (sulfide) groups is 1. The van der Waals surface area contributed by atoms with Crippen LogP contribution >= 0.6 is 11.8 Å². The van der Waals surface area contributed by atoms with Gasteiger partial charge in [-0.2, -0.15) is 0 Å². The third-order valence-corrected chi connectivity index (χ3v) is 4.66. The molecular formula is C19H21N3O4S. The Bertz CT molecular complexity index is 843. The number of carbonyl (C=O) groups excluding carboxylic acids is 2. The molecule has 0 saturated carbocycles. The summed E-state index contributed by atoms with van der Waals surface area (Å²) in [5, 5.41) is 5.67. The summed E-state index contributed by atoms with van der Waals surface area (Å²) in [5.41, 5.74) is 1.39. The standard InChI is InChI=1S/C19H21N3O4S/c1-22(11-19(24)21-14-5-3-4-6-17(14)27-2)10-18(23)20-13-7-8-15-16(9-13)26-12-25-15/h3-9H,10-12H2,1-2H3,(H,20,23)(H,21,24). The number of ether oxygens (including phenoxy) is 2. The Kier molecular flexibility index (Phi) is 6.20. The van der Waals surface area contributed by atoms with E-state index in [2.05, 4.69) is 10.6 Å². The maximum absolute atomic E-state index is 12.2. The number of rotatable bonds is 7. The van der Waals surface area contributed by atoms with Crippen LogP contribution in [-0.4, -0.2) is 49.9 Å². The van der Waals surface area contributed by atoms with Crippen molar-refractivity contribution in [2.45, 2.75) is 4.90 Å². The predicted octanol–water partition coefficient (Wildman–Crippen LogP) is 2.65. The van der Waals surface area contributed by atoms with Crippen molar-refractivity contribution in [3.8, 4) is 11.5 Å². The molecule has 0 radical (unpaired) electrons. The smallest absolute Gasteiger partial charge is 0.238 e. The van der Waals surface area contributed by atoms with Crippen LogP contribution in [-0.2, 0) is 9.59 Å². The minimum atomic E-state index is -0.214. The van der Waals surface area contributed by atoms with Gasteiger partial charge in [0.05, 0.1) is 18.8 Å². The Balaban J connectivity index is 1.49. The van der Waals surface area contributed by atoms with Crippen LogP contribution in [0.4, 0.5) is 11.4 Å². The fourth-order valence-corrected chi connectivity index (χ4v) is 3.21. The van der Waals surface area contributed by atoms with Gasteiger partial charge < -0.3 is 20.1 Å². The average Bonchev–Trinajstić information content (AvgIpc) is 3.09. The van der Waals surface area contributed by atoms with Gasteiger partial charge in [0, 0.05) is 16.6 Å². The molecule has 142 valence electrons. The second-order valence-electron chi connectivity index (χ2n) is 6.04. The third-order valence-electron chi connectivity index (χ3n) is 3.86. The molecule has 3 rings (SSSR count). The lowest BCUT2D eigenvalue weighted by Crippen LogP contribution is -2.36. The van der Waals surface area contributed by atoms with Gasteiger partial charge in [-0.3, -0.25) is 14.5 Å². The number of nitrogens with zero attached hydrogens (tertiary/aromatic N) is 1. The van der Waals surface area contributed by atoms with E-state index >= 15 is 0 Å². The van der Waals surface area contributed by atoms with Crippen LogP contribution in [0, 0.1) is 0 Å². The number of likely N-dealkylation sites (N-methyl/N-ethyl adjacent to an activating group) is 1. The van der Waals surface area contributed by atoms with Gasteiger partial charge in [-0.05, 0) is 37.6 Å². The number of para-hydroxylation sites is 1. The van der Waals surface area contributed by atoms with Gasteiger partial charge in [-0.15, -0.1) is 11.8 Å². The molecule has 0 saturated heterocycles. The normalized spacial score (nSPS) is 12.1. The fourth-order valence-electron chi connectivity index (χ4n) is 2.66. The van der Waals surface area contributed by atoms with Crippen LogP contribution in [0.15, 0.2) is 47.4 Å². The van der Waals surface area contributed by atoms with Gasteiger partial charge in [-0.1, -0.05) is 12.1 Å². The minimum Gasteiger partial charge on any atom is -0.454 e. The molecule has 0 spiro atoms. The number of benzene rings is 2. The van der Waals surface area contributed by atoms with Crippen molar-refractivity contribution < 1.29 is 19.1 Å². The molecular weight excluding hydrogens is 366 g/mol. The van der Waals surface area contributed by atoms with Crippen molar-refractivity contribution in [3.63, 3.8) is 0 Å². The van der Waals surface area contributed by atoms with Gasteiger partial charge >= 0.3 is 0 Å². The molecule has 8 heteroatoms. The maximum atomic E-state index is 12.2. The lowest BCUT2D eigenvalue weighted by atomic mass is 10.2. The van der Waals surface area contributed by atoms with E-state index in [9.17, 15) is 9.59 Å². The van der Waals surface area contributed by atoms with Crippen molar-refractivity contribution in [1.82, 2.24) is 4.90 Å². The molecule has 0 atom stereocenters. The van der Waals surface area contributed by atoms with E-state index in [1.54, 1.807) is 41.9 Å². The molecule has 0 aromatic heterocycles. The summed E-state index contributed by atoms with van der Waals surface area (Å²) in [6.07, 6.45) is 1.96. The zero-order chi connectivity index (χ0) is 19.2. The van der Waals surface area contributed by atoms with Crippen molar-refractivity contribution in [2.75, 3.05) is 43.8 Å². The number of fused-ring (bicyclic) bond motifs is 1. The number of hydrogen-bond acceptors (Lipinski definition) is 6. The second kappa shape index (κ2) is 8.79. The summed E-state index contributed by atoms with van der Waals surface area (Å²) in [6.45, 7) is 0.382. The lowest BCUT2D eigenvalue weighted by Gasteiger charge is -2.17. The molecule has 0 bridgehead atoms. The van der Waals surface area contributed by atoms with Crippen LogP contribution in [0.2, 0.25) is 0 Å². The third kappa shape index (κ3) is 5.15. The van der Waals surface area contributed by atoms with Gasteiger partial charge in [0.1, 0.15) is 0 Å².